The van der Waals surface area contributed by atoms with Crippen LogP contribution in [0.3, 0.4) is 0 Å². The molecule has 0 fully saturated rings. The van der Waals surface area contributed by atoms with E-state index in [9.17, 15) is 4.79 Å². The van der Waals surface area contributed by atoms with Crippen molar-refractivity contribution in [1.29, 1.82) is 5.26 Å². The number of primary amides is 1. The van der Waals surface area contributed by atoms with Gasteiger partial charge in [-0.15, -0.1) is 4.24 Å². The molecular formula is C5H5N2NaOS2. The van der Waals surface area contributed by atoms with E-state index in [-0.39, 0.29) is 39.4 Å². The van der Waals surface area contributed by atoms with Gasteiger partial charge in [0.25, 0.3) is 5.91 Å². The first-order valence-corrected chi connectivity index (χ1v) is 3.92. The predicted octanol–water partition coefficient (Wildman–Crippen LogP) is -2.88. The van der Waals surface area contributed by atoms with Crippen molar-refractivity contribution in [2.24, 2.45) is 5.73 Å². The smallest absolute Gasteiger partial charge is 0.772 e. The monoisotopic (exact) mass is 196 g/mol. The first-order chi connectivity index (χ1) is 4.63. The second-order valence-electron chi connectivity index (χ2n) is 1.34. The Balaban J connectivity index is 0. The van der Waals surface area contributed by atoms with Crippen molar-refractivity contribution in [2.45, 2.75) is 0 Å². The van der Waals surface area contributed by atoms with Crippen LogP contribution in [-0.4, -0.2) is 12.2 Å². The summed E-state index contributed by atoms with van der Waals surface area (Å²) in [5, 5.41) is 8.31. The molecule has 0 aromatic rings. The first-order valence-electron chi connectivity index (χ1n) is 2.28. The molecule has 2 N–H and O–H groups in total. The minimum absolute atomic E-state index is 0. The van der Waals surface area contributed by atoms with E-state index in [1.807, 2.05) is 0 Å². The van der Waals surface area contributed by atoms with E-state index in [4.69, 9.17) is 11.0 Å². The van der Waals surface area contributed by atoms with Crippen molar-refractivity contribution in [1.82, 2.24) is 0 Å². The Bertz CT molecular complexity index is 221. The van der Waals surface area contributed by atoms with Gasteiger partial charge in [0.05, 0.1) is 0 Å². The molecule has 11 heavy (non-hydrogen) atoms. The van der Waals surface area contributed by atoms with E-state index in [1.54, 1.807) is 12.3 Å². The number of carbonyl (C=O) groups excluding carboxylic acids is 1. The fraction of sp³-hybridized carbons (Fsp3) is 0.200. The van der Waals surface area contributed by atoms with Gasteiger partial charge in [0.1, 0.15) is 11.6 Å². The van der Waals surface area contributed by atoms with Gasteiger partial charge < -0.3 is 18.4 Å². The van der Waals surface area contributed by atoms with Gasteiger partial charge in [-0.2, -0.15) is 17.0 Å². The van der Waals surface area contributed by atoms with Gasteiger partial charge in [0, 0.05) is 0 Å². The molecule has 54 valence electrons. The summed E-state index contributed by atoms with van der Waals surface area (Å²) in [6.45, 7) is 0. The average Bonchev–Trinajstić information content (AvgIpc) is 1.88. The van der Waals surface area contributed by atoms with Crippen LogP contribution >= 0.6 is 11.8 Å². The van der Waals surface area contributed by atoms with E-state index >= 15 is 0 Å². The van der Waals surface area contributed by atoms with Crippen molar-refractivity contribution in [3.63, 3.8) is 0 Å². The molecule has 0 aliphatic heterocycles. The van der Waals surface area contributed by atoms with Crippen molar-refractivity contribution in [3.8, 4) is 6.07 Å². The largest absolute Gasteiger partial charge is 1.00 e. The van der Waals surface area contributed by atoms with Gasteiger partial charge in [-0.05, 0) is 6.26 Å². The summed E-state index contributed by atoms with van der Waals surface area (Å²) in [5.41, 5.74) is 4.69. The van der Waals surface area contributed by atoms with E-state index in [1.165, 1.54) is 0 Å². The van der Waals surface area contributed by atoms with Crippen LogP contribution in [0.25, 0.3) is 0 Å². The normalized spacial score (nSPS) is 10.5. The van der Waals surface area contributed by atoms with Crippen LogP contribution < -0.4 is 35.3 Å². The SMILES string of the molecule is CS/C([S-])=C(/C#N)C(N)=O.[Na+]. The van der Waals surface area contributed by atoms with E-state index in [0.717, 1.165) is 11.8 Å². The molecule has 0 unspecified atom stereocenters. The summed E-state index contributed by atoms with van der Waals surface area (Å²) in [5.74, 6) is -0.762. The van der Waals surface area contributed by atoms with Gasteiger partial charge in [-0.25, -0.2) is 0 Å². The molecule has 0 aromatic heterocycles. The van der Waals surface area contributed by atoms with Crippen molar-refractivity contribution in [3.05, 3.63) is 9.81 Å². The summed E-state index contributed by atoms with van der Waals surface area (Å²) < 4.78 is 0.245. The van der Waals surface area contributed by atoms with Crippen molar-refractivity contribution >= 4 is 30.3 Å². The average molecular weight is 196 g/mol. The van der Waals surface area contributed by atoms with Crippen LogP contribution in [0.5, 0.6) is 0 Å². The number of hydrogen-bond donors (Lipinski definition) is 1. The Labute approximate surface area is 97.1 Å². The zero-order chi connectivity index (χ0) is 8.15. The fourth-order valence-corrected chi connectivity index (χ4v) is 0.800. The minimum Gasteiger partial charge on any atom is -0.772 e. The van der Waals surface area contributed by atoms with Gasteiger partial charge >= 0.3 is 29.6 Å². The number of hydrogen-bond acceptors (Lipinski definition) is 4. The molecule has 0 saturated heterocycles. The van der Waals surface area contributed by atoms with Crippen LogP contribution in [-0.2, 0) is 17.4 Å². The molecule has 0 rings (SSSR count). The Morgan fingerprint density at radius 2 is 2.18 bits per heavy atom. The van der Waals surface area contributed by atoms with Crippen molar-refractivity contribution < 1.29 is 34.4 Å². The molecule has 3 nitrogen and oxygen atoms in total. The molecular weight excluding hydrogens is 191 g/mol. The third kappa shape index (κ3) is 4.67. The van der Waals surface area contributed by atoms with Crippen molar-refractivity contribution in [2.75, 3.05) is 6.26 Å². The molecule has 0 aromatic carbocycles. The third-order valence-electron chi connectivity index (χ3n) is 0.748. The van der Waals surface area contributed by atoms with Gasteiger partial charge in [0.2, 0.25) is 0 Å². The van der Waals surface area contributed by atoms with Gasteiger partial charge in [0.15, 0.2) is 0 Å². The maximum Gasteiger partial charge on any atom is 1.00 e. The predicted molar refractivity (Wildman–Crippen MR) is 42.7 cm³/mol. The Morgan fingerprint density at radius 3 is 2.27 bits per heavy atom. The molecule has 6 heteroatoms. The zero-order valence-corrected chi connectivity index (χ0v) is 9.88. The van der Waals surface area contributed by atoms with E-state index in [0.29, 0.717) is 0 Å². The Hall–Kier alpha value is 0.270. The molecule has 0 aliphatic rings. The molecule has 0 heterocycles. The third-order valence-corrected chi connectivity index (χ3v) is 2.03. The second kappa shape index (κ2) is 6.95. The summed E-state index contributed by atoms with van der Waals surface area (Å²) in [4.78, 5) is 10.4. The van der Waals surface area contributed by atoms with Crippen LogP contribution in [0.4, 0.5) is 0 Å². The number of thioether (sulfide) groups is 1. The van der Waals surface area contributed by atoms with Crippen LogP contribution in [0.2, 0.25) is 0 Å². The molecule has 0 spiro atoms. The zero-order valence-electron chi connectivity index (χ0n) is 6.25. The number of rotatable bonds is 2. The summed E-state index contributed by atoms with van der Waals surface area (Å²) in [6.07, 6.45) is 1.68. The summed E-state index contributed by atoms with van der Waals surface area (Å²) >= 11 is 5.81. The van der Waals surface area contributed by atoms with Crippen LogP contribution in [0, 0.1) is 11.3 Å². The molecule has 1 amide bonds. The Kier molecular flexibility index (Phi) is 8.74. The Morgan fingerprint density at radius 1 is 1.73 bits per heavy atom. The second-order valence-corrected chi connectivity index (χ2v) is 2.83. The fourth-order valence-electron chi connectivity index (χ4n) is 0.303. The maximum atomic E-state index is 10.4. The van der Waals surface area contributed by atoms with Crippen LogP contribution in [0.1, 0.15) is 0 Å². The molecule has 0 atom stereocenters. The van der Waals surface area contributed by atoms with Gasteiger partial charge in [-0.3, -0.25) is 4.79 Å². The minimum atomic E-state index is -0.762. The molecule has 0 radical (unpaired) electrons. The van der Waals surface area contributed by atoms with Crippen LogP contribution in [0.15, 0.2) is 9.81 Å². The quantitative estimate of drug-likeness (QED) is 0.223. The number of nitriles is 1. The maximum absolute atomic E-state index is 10.4. The first kappa shape index (κ1) is 13.8. The van der Waals surface area contributed by atoms with E-state index in [2.05, 4.69) is 12.6 Å². The number of amides is 1. The number of nitrogens with zero attached hydrogens (tertiary/aromatic N) is 1. The molecule has 0 bridgehead atoms. The summed E-state index contributed by atoms with van der Waals surface area (Å²) in [6, 6.07) is 1.63. The summed E-state index contributed by atoms with van der Waals surface area (Å²) in [7, 11) is 0. The number of nitrogens with two attached hydrogens (primary N) is 1. The standard InChI is InChI=1S/C5H6N2OS2.Na/c1-10-5(9)3(2-6)4(7)8;/h9H,1H3,(H2,7,8);/q;+1/p-1/b5-3-;. The molecule has 0 aliphatic carbocycles. The van der Waals surface area contributed by atoms with E-state index < -0.39 is 5.91 Å². The topological polar surface area (TPSA) is 66.9 Å². The van der Waals surface area contributed by atoms with Gasteiger partial charge in [-0.1, -0.05) is 0 Å². The number of carbonyl (C=O) groups is 1. The molecule has 0 saturated carbocycles.